The average Bonchev–Trinajstić information content (AvgIpc) is 3.44. The first-order valence-electron chi connectivity index (χ1n) is 12.2. The van der Waals surface area contributed by atoms with Gasteiger partial charge in [0.2, 0.25) is 17.7 Å². The van der Waals surface area contributed by atoms with Gasteiger partial charge in [0.15, 0.2) is 0 Å². The van der Waals surface area contributed by atoms with E-state index in [9.17, 15) is 14.4 Å². The third kappa shape index (κ3) is 3.39. The molecular weight excluding hydrogens is 474 g/mol. The molecule has 3 aliphatic heterocycles. The summed E-state index contributed by atoms with van der Waals surface area (Å²) < 4.78 is 0. The molecule has 182 valence electrons. The van der Waals surface area contributed by atoms with Gasteiger partial charge in [-0.25, -0.2) is 0 Å². The molecule has 7 heteroatoms. The first kappa shape index (κ1) is 23.0. The number of halogens is 1. The lowest BCUT2D eigenvalue weighted by molar-refractivity contribution is -0.142. The van der Waals surface area contributed by atoms with E-state index in [1.54, 1.807) is 12.1 Å². The number of hydrogen-bond donors (Lipinski definition) is 2. The van der Waals surface area contributed by atoms with Crippen LogP contribution in [0.1, 0.15) is 22.3 Å². The van der Waals surface area contributed by atoms with Crippen LogP contribution in [0.5, 0.6) is 0 Å². The molecule has 3 aromatic rings. The van der Waals surface area contributed by atoms with Gasteiger partial charge in [0.25, 0.3) is 0 Å². The third-order valence-electron chi connectivity index (χ3n) is 7.84. The zero-order valence-electron chi connectivity index (χ0n) is 19.8. The fourth-order valence-corrected chi connectivity index (χ4v) is 6.51. The van der Waals surface area contributed by atoms with E-state index in [1.165, 1.54) is 4.90 Å². The van der Waals surface area contributed by atoms with Crippen LogP contribution in [0.3, 0.4) is 0 Å². The van der Waals surface area contributed by atoms with Crippen molar-refractivity contribution in [1.29, 1.82) is 0 Å². The number of carbonyl (C=O) groups is 3. The molecule has 0 aromatic heterocycles. The molecule has 2 fully saturated rings. The predicted molar refractivity (Wildman–Crippen MR) is 137 cm³/mol. The number of fused-ring (bicyclic) bond motifs is 4. The normalized spacial score (nSPS) is 26.4. The number of anilines is 1. The Morgan fingerprint density at radius 2 is 1.58 bits per heavy atom. The molecule has 1 spiro atoms. The Balaban J connectivity index is 1.42. The number of hydrogen-bond acceptors (Lipinski definition) is 4. The van der Waals surface area contributed by atoms with E-state index in [2.05, 4.69) is 10.6 Å². The highest BCUT2D eigenvalue weighted by Gasteiger charge is 2.70. The van der Waals surface area contributed by atoms with Crippen LogP contribution in [-0.2, 0) is 32.8 Å². The number of aryl methyl sites for hydroxylation is 1. The second-order valence-electron chi connectivity index (χ2n) is 9.92. The minimum Gasteiger partial charge on any atom is -0.324 e. The third-order valence-corrected chi connectivity index (χ3v) is 8.06. The minimum atomic E-state index is -1.34. The Kier molecular flexibility index (Phi) is 5.47. The van der Waals surface area contributed by atoms with Crippen molar-refractivity contribution in [3.05, 3.63) is 100 Å². The van der Waals surface area contributed by atoms with Crippen molar-refractivity contribution < 1.29 is 14.4 Å². The van der Waals surface area contributed by atoms with Crippen molar-refractivity contribution in [3.8, 4) is 0 Å². The monoisotopic (exact) mass is 499 g/mol. The first-order chi connectivity index (χ1) is 17.4. The number of amides is 3. The molecule has 3 aromatic carbocycles. The van der Waals surface area contributed by atoms with E-state index < -0.39 is 17.4 Å². The summed E-state index contributed by atoms with van der Waals surface area (Å²) >= 11 is 6.43. The van der Waals surface area contributed by atoms with Crippen LogP contribution < -0.4 is 10.6 Å². The number of rotatable bonds is 5. The van der Waals surface area contributed by atoms with Crippen LogP contribution in [0, 0.1) is 18.8 Å². The van der Waals surface area contributed by atoms with Gasteiger partial charge in [-0.1, -0.05) is 72.3 Å². The largest absolute Gasteiger partial charge is 0.324 e. The second kappa shape index (κ2) is 8.57. The summed E-state index contributed by atoms with van der Waals surface area (Å²) in [5, 5.41) is 6.97. The molecule has 0 radical (unpaired) electrons. The molecule has 4 atom stereocenters. The van der Waals surface area contributed by atoms with Gasteiger partial charge in [0.05, 0.1) is 11.8 Å². The summed E-state index contributed by atoms with van der Waals surface area (Å²) in [5.41, 5.74) is 2.88. The first-order valence-corrected chi connectivity index (χ1v) is 12.6. The average molecular weight is 500 g/mol. The standard InChI is InChI=1S/C29H26ClN3O3/c1-17-14-20(30)16-21-25(17)31-28(36)29(21)24-23(22(32-29)15-19-10-6-3-7-11-19)26(34)33(27(24)35)13-12-18-8-4-2-5-9-18/h2-11,14,16,22-24,32H,12-13,15H2,1H3,(H,31,36)/t22-,23-,24-,29-/m1/s1. The topological polar surface area (TPSA) is 78.5 Å². The predicted octanol–water partition coefficient (Wildman–Crippen LogP) is 3.85. The molecule has 0 saturated carbocycles. The SMILES string of the molecule is Cc1cc(Cl)cc2c1NC(=O)[C@@]21N[C@H](Cc2ccccc2)[C@H]2C(=O)N(CCc3ccccc3)C(=O)[C@@H]21. The van der Waals surface area contributed by atoms with Crippen LogP contribution in [-0.4, -0.2) is 35.2 Å². The summed E-state index contributed by atoms with van der Waals surface area (Å²) in [7, 11) is 0. The molecule has 6 rings (SSSR count). The van der Waals surface area contributed by atoms with E-state index in [0.717, 1.165) is 16.7 Å². The van der Waals surface area contributed by atoms with Gasteiger partial charge >= 0.3 is 0 Å². The molecule has 3 aliphatic rings. The Morgan fingerprint density at radius 3 is 2.28 bits per heavy atom. The maximum atomic E-state index is 14.0. The van der Waals surface area contributed by atoms with Crippen LogP contribution in [0.4, 0.5) is 5.69 Å². The molecule has 0 bridgehead atoms. The van der Waals surface area contributed by atoms with Crippen molar-refractivity contribution in [3.63, 3.8) is 0 Å². The van der Waals surface area contributed by atoms with E-state index in [4.69, 9.17) is 11.6 Å². The van der Waals surface area contributed by atoms with Gasteiger partial charge in [-0.05, 0) is 48.6 Å². The van der Waals surface area contributed by atoms with Crippen LogP contribution in [0.25, 0.3) is 0 Å². The highest BCUT2D eigenvalue weighted by Crippen LogP contribution is 2.54. The van der Waals surface area contributed by atoms with Gasteiger partial charge < -0.3 is 5.32 Å². The van der Waals surface area contributed by atoms with Gasteiger partial charge in [0.1, 0.15) is 5.54 Å². The minimum absolute atomic E-state index is 0.216. The lowest BCUT2D eigenvalue weighted by Gasteiger charge is -2.29. The number of nitrogens with zero attached hydrogens (tertiary/aromatic N) is 1. The maximum absolute atomic E-state index is 14.0. The van der Waals surface area contributed by atoms with E-state index in [0.29, 0.717) is 29.1 Å². The molecule has 36 heavy (non-hydrogen) atoms. The molecule has 3 heterocycles. The van der Waals surface area contributed by atoms with Crippen molar-refractivity contribution in [2.45, 2.75) is 31.3 Å². The lowest BCUT2D eigenvalue weighted by Crippen LogP contribution is -2.53. The number of benzene rings is 3. The lowest BCUT2D eigenvalue weighted by atomic mass is 9.76. The van der Waals surface area contributed by atoms with Crippen molar-refractivity contribution >= 4 is 35.0 Å². The Bertz CT molecular complexity index is 1380. The van der Waals surface area contributed by atoms with Crippen LogP contribution >= 0.6 is 11.6 Å². The smallest absolute Gasteiger partial charge is 0.250 e. The molecular formula is C29H26ClN3O3. The summed E-state index contributed by atoms with van der Waals surface area (Å²) in [6.45, 7) is 2.16. The Morgan fingerprint density at radius 1 is 0.917 bits per heavy atom. The van der Waals surface area contributed by atoms with Gasteiger partial charge in [0, 0.05) is 28.9 Å². The van der Waals surface area contributed by atoms with Crippen molar-refractivity contribution in [2.75, 3.05) is 11.9 Å². The molecule has 3 amide bonds. The number of imide groups is 1. The number of carbonyl (C=O) groups excluding carboxylic acids is 3. The summed E-state index contributed by atoms with van der Waals surface area (Å²) in [6.07, 6.45) is 1.09. The van der Waals surface area contributed by atoms with E-state index in [-0.39, 0.29) is 30.3 Å². The zero-order chi connectivity index (χ0) is 25.0. The van der Waals surface area contributed by atoms with E-state index >= 15 is 0 Å². The Labute approximate surface area is 214 Å². The van der Waals surface area contributed by atoms with Crippen molar-refractivity contribution in [1.82, 2.24) is 10.2 Å². The molecule has 0 aliphatic carbocycles. The fraction of sp³-hybridized carbons (Fsp3) is 0.276. The quantitative estimate of drug-likeness (QED) is 0.523. The molecule has 6 nitrogen and oxygen atoms in total. The summed E-state index contributed by atoms with van der Waals surface area (Å²) in [4.78, 5) is 42.8. The number of nitrogens with one attached hydrogen (secondary N) is 2. The molecule has 2 N–H and O–H groups in total. The molecule has 2 saturated heterocycles. The van der Waals surface area contributed by atoms with Gasteiger partial charge in [-0.2, -0.15) is 0 Å². The fourth-order valence-electron chi connectivity index (χ4n) is 6.24. The zero-order valence-corrected chi connectivity index (χ0v) is 20.6. The summed E-state index contributed by atoms with van der Waals surface area (Å²) in [5.74, 6) is -2.31. The highest BCUT2D eigenvalue weighted by atomic mass is 35.5. The van der Waals surface area contributed by atoms with Crippen LogP contribution in [0.15, 0.2) is 72.8 Å². The molecule has 0 unspecified atom stereocenters. The van der Waals surface area contributed by atoms with Gasteiger partial charge in [-0.15, -0.1) is 0 Å². The van der Waals surface area contributed by atoms with Crippen LogP contribution in [0.2, 0.25) is 5.02 Å². The second-order valence-corrected chi connectivity index (χ2v) is 10.4. The van der Waals surface area contributed by atoms with Gasteiger partial charge in [-0.3, -0.25) is 24.6 Å². The van der Waals surface area contributed by atoms with Crippen molar-refractivity contribution in [2.24, 2.45) is 11.8 Å². The number of likely N-dealkylation sites (tertiary alicyclic amines) is 1. The van der Waals surface area contributed by atoms with E-state index in [1.807, 2.05) is 67.6 Å². The Hall–Kier alpha value is -3.48. The highest BCUT2D eigenvalue weighted by molar-refractivity contribution is 6.31. The maximum Gasteiger partial charge on any atom is 0.250 e. The summed E-state index contributed by atoms with van der Waals surface area (Å²) in [6, 6.07) is 22.8.